The van der Waals surface area contributed by atoms with E-state index >= 15 is 0 Å². The lowest BCUT2D eigenvalue weighted by Crippen LogP contribution is -2.44. The number of nitrogens with one attached hydrogen (secondary N) is 1. The van der Waals surface area contributed by atoms with Gasteiger partial charge in [-0.3, -0.25) is 0 Å². The van der Waals surface area contributed by atoms with Gasteiger partial charge in [0, 0.05) is 17.6 Å². The fraction of sp³-hybridized carbons (Fsp3) is 1.00. The smallest absolute Gasteiger partial charge is 0.0121 e. The normalized spacial score (nSPS) is 26.7. The van der Waals surface area contributed by atoms with Crippen molar-refractivity contribution in [2.45, 2.75) is 90.8 Å². The summed E-state index contributed by atoms with van der Waals surface area (Å²) in [7, 11) is 2.34. The largest absolute Gasteiger partial charge is 0.312 e. The molecule has 2 heteroatoms. The van der Waals surface area contributed by atoms with Gasteiger partial charge in [-0.1, -0.05) is 19.8 Å². The fourth-order valence-electron chi connectivity index (χ4n) is 3.29. The summed E-state index contributed by atoms with van der Waals surface area (Å²) in [5, 5.41) is 3.59. The Hall–Kier alpha value is -0.0800. The molecular weight excluding hydrogens is 232 g/mol. The molecule has 3 unspecified atom stereocenters. The fourth-order valence-corrected chi connectivity index (χ4v) is 3.29. The van der Waals surface area contributed by atoms with Crippen molar-refractivity contribution in [1.82, 2.24) is 10.2 Å². The molecule has 114 valence electrons. The summed E-state index contributed by atoms with van der Waals surface area (Å²) >= 11 is 0. The zero-order valence-corrected chi connectivity index (χ0v) is 14.1. The second-order valence-corrected chi connectivity index (χ2v) is 7.66. The van der Waals surface area contributed by atoms with Crippen LogP contribution in [0.25, 0.3) is 0 Å². The molecule has 0 aromatic carbocycles. The van der Waals surface area contributed by atoms with Gasteiger partial charge in [0.25, 0.3) is 0 Å². The molecule has 0 saturated heterocycles. The van der Waals surface area contributed by atoms with Crippen LogP contribution in [0.1, 0.15) is 73.1 Å². The molecule has 0 spiro atoms. The highest BCUT2D eigenvalue weighted by atomic mass is 15.2. The Morgan fingerprint density at radius 2 is 1.84 bits per heavy atom. The highest BCUT2D eigenvalue weighted by molar-refractivity contribution is 4.82. The van der Waals surface area contributed by atoms with Crippen molar-refractivity contribution < 1.29 is 0 Å². The Labute approximate surface area is 121 Å². The molecular formula is C17H36N2. The number of rotatable bonds is 6. The first-order valence-electron chi connectivity index (χ1n) is 8.28. The van der Waals surface area contributed by atoms with Crippen LogP contribution in [0.5, 0.6) is 0 Å². The van der Waals surface area contributed by atoms with Gasteiger partial charge in [0.05, 0.1) is 0 Å². The van der Waals surface area contributed by atoms with Crippen LogP contribution in [0.2, 0.25) is 0 Å². The van der Waals surface area contributed by atoms with E-state index in [0.29, 0.717) is 6.04 Å². The van der Waals surface area contributed by atoms with Crippen LogP contribution in [-0.4, -0.2) is 36.1 Å². The zero-order chi connectivity index (χ0) is 14.5. The van der Waals surface area contributed by atoms with Crippen molar-refractivity contribution in [3.05, 3.63) is 0 Å². The molecule has 0 aromatic heterocycles. The van der Waals surface area contributed by atoms with E-state index in [9.17, 15) is 0 Å². The number of hydrogen-bond donors (Lipinski definition) is 1. The molecule has 1 rings (SSSR count). The minimum atomic E-state index is 0.257. The molecule has 0 bridgehead atoms. The standard InChI is InChI=1S/C17H36N2/c1-14-10-7-8-12-16(14)19(6)15(2)11-9-13-18-17(3,4)5/h14-16,18H,7-13H2,1-6H3. The van der Waals surface area contributed by atoms with Gasteiger partial charge >= 0.3 is 0 Å². The van der Waals surface area contributed by atoms with E-state index in [-0.39, 0.29) is 5.54 Å². The van der Waals surface area contributed by atoms with Gasteiger partial charge in [0.15, 0.2) is 0 Å². The van der Waals surface area contributed by atoms with Gasteiger partial charge in [-0.15, -0.1) is 0 Å². The van der Waals surface area contributed by atoms with E-state index in [1.807, 2.05) is 0 Å². The quantitative estimate of drug-likeness (QED) is 0.731. The van der Waals surface area contributed by atoms with Crippen molar-refractivity contribution in [3.8, 4) is 0 Å². The van der Waals surface area contributed by atoms with E-state index in [4.69, 9.17) is 0 Å². The lowest BCUT2D eigenvalue weighted by Gasteiger charge is -2.39. The van der Waals surface area contributed by atoms with Crippen LogP contribution in [0.15, 0.2) is 0 Å². The van der Waals surface area contributed by atoms with Crippen molar-refractivity contribution in [2.75, 3.05) is 13.6 Å². The second kappa shape index (κ2) is 7.64. The molecule has 0 aliphatic heterocycles. The van der Waals surface area contributed by atoms with Gasteiger partial charge in [-0.2, -0.15) is 0 Å². The van der Waals surface area contributed by atoms with Crippen LogP contribution in [0.4, 0.5) is 0 Å². The minimum absolute atomic E-state index is 0.257. The molecule has 19 heavy (non-hydrogen) atoms. The maximum Gasteiger partial charge on any atom is 0.0121 e. The maximum atomic E-state index is 3.59. The SMILES string of the molecule is CC1CCCCC1N(C)C(C)CCCNC(C)(C)C. The highest BCUT2D eigenvalue weighted by Gasteiger charge is 2.27. The average molecular weight is 268 g/mol. The van der Waals surface area contributed by atoms with E-state index in [2.05, 4.69) is 51.9 Å². The summed E-state index contributed by atoms with van der Waals surface area (Å²) in [6, 6.07) is 1.53. The lowest BCUT2D eigenvalue weighted by atomic mass is 9.84. The first-order valence-corrected chi connectivity index (χ1v) is 8.28. The highest BCUT2D eigenvalue weighted by Crippen LogP contribution is 2.28. The third-order valence-electron chi connectivity index (χ3n) is 4.74. The second-order valence-electron chi connectivity index (χ2n) is 7.66. The van der Waals surface area contributed by atoms with Crippen molar-refractivity contribution >= 4 is 0 Å². The first kappa shape index (κ1) is 17.0. The van der Waals surface area contributed by atoms with Gasteiger partial charge in [-0.05, 0) is 72.9 Å². The predicted molar refractivity (Wildman–Crippen MR) is 85.6 cm³/mol. The van der Waals surface area contributed by atoms with E-state index in [1.54, 1.807) is 0 Å². The first-order chi connectivity index (χ1) is 8.81. The lowest BCUT2D eigenvalue weighted by molar-refractivity contribution is 0.0984. The molecule has 1 aliphatic carbocycles. The summed E-state index contributed by atoms with van der Waals surface area (Å²) in [6.45, 7) is 12.7. The van der Waals surface area contributed by atoms with Crippen LogP contribution < -0.4 is 5.32 Å². The van der Waals surface area contributed by atoms with Crippen LogP contribution in [0, 0.1) is 5.92 Å². The van der Waals surface area contributed by atoms with Crippen molar-refractivity contribution in [2.24, 2.45) is 5.92 Å². The summed E-state index contributed by atoms with van der Waals surface area (Å²) in [5.41, 5.74) is 0.257. The Bertz CT molecular complexity index is 244. The maximum absolute atomic E-state index is 3.59. The molecule has 2 nitrogen and oxygen atoms in total. The molecule has 0 amide bonds. The molecule has 1 aliphatic rings. The Balaban J connectivity index is 2.26. The van der Waals surface area contributed by atoms with E-state index in [0.717, 1.165) is 18.5 Å². The number of hydrogen-bond acceptors (Lipinski definition) is 2. The topological polar surface area (TPSA) is 15.3 Å². The molecule has 1 saturated carbocycles. The van der Waals surface area contributed by atoms with Gasteiger partial charge < -0.3 is 10.2 Å². The van der Waals surface area contributed by atoms with Crippen LogP contribution in [-0.2, 0) is 0 Å². The minimum Gasteiger partial charge on any atom is -0.312 e. The number of nitrogens with zero attached hydrogens (tertiary/aromatic N) is 1. The molecule has 0 heterocycles. The summed E-state index contributed by atoms with van der Waals surface area (Å²) < 4.78 is 0. The molecule has 3 atom stereocenters. The third-order valence-corrected chi connectivity index (χ3v) is 4.74. The third kappa shape index (κ3) is 6.27. The van der Waals surface area contributed by atoms with Gasteiger partial charge in [0.2, 0.25) is 0 Å². The molecule has 1 fully saturated rings. The Morgan fingerprint density at radius 3 is 2.42 bits per heavy atom. The van der Waals surface area contributed by atoms with E-state index < -0.39 is 0 Å². The molecule has 1 N–H and O–H groups in total. The van der Waals surface area contributed by atoms with Crippen molar-refractivity contribution in [3.63, 3.8) is 0 Å². The zero-order valence-electron chi connectivity index (χ0n) is 14.1. The average Bonchev–Trinajstić information content (AvgIpc) is 2.33. The summed E-state index contributed by atoms with van der Waals surface area (Å²) in [5.74, 6) is 0.883. The van der Waals surface area contributed by atoms with Gasteiger partial charge in [-0.25, -0.2) is 0 Å². The predicted octanol–water partition coefficient (Wildman–Crippen LogP) is 4.05. The van der Waals surface area contributed by atoms with Gasteiger partial charge in [0.1, 0.15) is 0 Å². The summed E-state index contributed by atoms with van der Waals surface area (Å²) in [6.07, 6.45) is 8.29. The monoisotopic (exact) mass is 268 g/mol. The summed E-state index contributed by atoms with van der Waals surface area (Å²) in [4.78, 5) is 2.65. The van der Waals surface area contributed by atoms with Crippen LogP contribution >= 0.6 is 0 Å². The molecule has 0 aromatic rings. The van der Waals surface area contributed by atoms with Crippen molar-refractivity contribution in [1.29, 1.82) is 0 Å². The Morgan fingerprint density at radius 1 is 1.21 bits per heavy atom. The molecule has 0 radical (unpaired) electrons. The Kier molecular flexibility index (Phi) is 6.82. The van der Waals surface area contributed by atoms with Crippen LogP contribution in [0.3, 0.4) is 0 Å². The van der Waals surface area contributed by atoms with E-state index in [1.165, 1.54) is 38.5 Å².